The zero-order valence-corrected chi connectivity index (χ0v) is 14.9. The second kappa shape index (κ2) is 6.52. The van der Waals surface area contributed by atoms with Crippen molar-refractivity contribution in [1.82, 2.24) is 9.78 Å². The number of nitrogens with zero attached hydrogens (tertiary/aromatic N) is 2. The Balaban J connectivity index is 2.05. The Bertz CT molecular complexity index is 721. The van der Waals surface area contributed by atoms with Gasteiger partial charge in [0.15, 0.2) is 0 Å². The van der Waals surface area contributed by atoms with Crippen molar-refractivity contribution in [2.75, 3.05) is 11.1 Å². The Kier molecular flexibility index (Phi) is 4.90. The van der Waals surface area contributed by atoms with Crippen LogP contribution in [0.25, 0.3) is 0 Å². The minimum absolute atomic E-state index is 0.0492. The predicted molar refractivity (Wildman–Crippen MR) is 92.9 cm³/mol. The fourth-order valence-corrected chi connectivity index (χ4v) is 3.06. The third-order valence-corrected chi connectivity index (χ3v) is 4.34. The molecule has 6 heteroatoms. The average Bonchev–Trinajstić information content (AvgIpc) is 2.67. The van der Waals surface area contributed by atoms with Crippen LogP contribution in [0.3, 0.4) is 0 Å². The largest absolute Gasteiger partial charge is 0.397 e. The minimum Gasteiger partial charge on any atom is -0.397 e. The van der Waals surface area contributed by atoms with Crippen LogP contribution in [0.5, 0.6) is 0 Å². The van der Waals surface area contributed by atoms with Crippen molar-refractivity contribution in [3.63, 3.8) is 0 Å². The van der Waals surface area contributed by atoms with Crippen LogP contribution in [0.4, 0.5) is 11.4 Å². The lowest BCUT2D eigenvalue weighted by atomic mass is 10.1. The van der Waals surface area contributed by atoms with Gasteiger partial charge in [0.05, 0.1) is 17.1 Å². The van der Waals surface area contributed by atoms with Gasteiger partial charge in [-0.25, -0.2) is 0 Å². The van der Waals surface area contributed by atoms with Gasteiger partial charge in [-0.2, -0.15) is 5.10 Å². The molecule has 0 unspecified atom stereocenters. The Labute approximate surface area is 139 Å². The molecular weight excluding hydrogens is 344 g/mol. The van der Waals surface area contributed by atoms with E-state index in [9.17, 15) is 4.79 Å². The molecular formula is C16H21BrN4O. The number of nitrogens with one attached hydrogen (secondary N) is 1. The molecule has 0 saturated carbocycles. The Morgan fingerprint density at radius 1 is 1.36 bits per heavy atom. The maximum Gasteiger partial charge on any atom is 0.224 e. The summed E-state index contributed by atoms with van der Waals surface area (Å²) in [6.07, 6.45) is 1.07. The van der Waals surface area contributed by atoms with Crippen molar-refractivity contribution in [2.24, 2.45) is 7.05 Å². The van der Waals surface area contributed by atoms with E-state index >= 15 is 0 Å². The number of halogens is 1. The number of amides is 1. The van der Waals surface area contributed by atoms with Gasteiger partial charge in [0.1, 0.15) is 0 Å². The van der Waals surface area contributed by atoms with E-state index in [1.165, 1.54) is 0 Å². The first-order valence-corrected chi connectivity index (χ1v) is 7.93. The zero-order valence-electron chi connectivity index (χ0n) is 13.3. The summed E-state index contributed by atoms with van der Waals surface area (Å²) in [5, 5.41) is 7.26. The highest BCUT2D eigenvalue weighted by Gasteiger charge is 2.13. The van der Waals surface area contributed by atoms with Crippen LogP contribution in [-0.2, 0) is 18.3 Å². The van der Waals surface area contributed by atoms with E-state index in [-0.39, 0.29) is 5.91 Å². The number of benzene rings is 1. The average molecular weight is 365 g/mol. The molecule has 0 aliphatic rings. The van der Waals surface area contributed by atoms with Crippen molar-refractivity contribution in [3.8, 4) is 0 Å². The van der Waals surface area contributed by atoms with Crippen molar-refractivity contribution in [1.29, 1.82) is 0 Å². The second-order valence-electron chi connectivity index (χ2n) is 5.51. The van der Waals surface area contributed by atoms with Gasteiger partial charge >= 0.3 is 0 Å². The van der Waals surface area contributed by atoms with Gasteiger partial charge in [0.2, 0.25) is 5.91 Å². The smallest absolute Gasteiger partial charge is 0.224 e. The summed E-state index contributed by atoms with van der Waals surface area (Å²) in [6, 6.07) is 3.74. The van der Waals surface area contributed by atoms with Gasteiger partial charge in [-0.05, 0) is 50.5 Å². The van der Waals surface area contributed by atoms with Crippen LogP contribution in [0.1, 0.15) is 28.9 Å². The van der Waals surface area contributed by atoms with E-state index in [2.05, 4.69) is 26.3 Å². The van der Waals surface area contributed by atoms with Crippen molar-refractivity contribution < 1.29 is 4.79 Å². The van der Waals surface area contributed by atoms with Crippen LogP contribution in [-0.4, -0.2) is 15.7 Å². The van der Waals surface area contributed by atoms with Crippen LogP contribution in [0.15, 0.2) is 16.6 Å². The van der Waals surface area contributed by atoms with Gasteiger partial charge in [-0.15, -0.1) is 0 Å². The first-order valence-electron chi connectivity index (χ1n) is 7.14. The maximum atomic E-state index is 12.2. The van der Waals surface area contributed by atoms with Gasteiger partial charge in [0.25, 0.3) is 0 Å². The van der Waals surface area contributed by atoms with Crippen molar-refractivity contribution in [2.45, 2.75) is 33.6 Å². The third kappa shape index (κ3) is 3.50. The highest BCUT2D eigenvalue weighted by molar-refractivity contribution is 9.10. The number of anilines is 2. The SMILES string of the molecule is Cc1cc(Br)cc(NC(=O)CCc2c(C)nn(C)c2C)c1N. The number of carbonyl (C=O) groups excluding carboxylic acids is 1. The van der Waals surface area contributed by atoms with Crippen LogP contribution < -0.4 is 11.1 Å². The van der Waals surface area contributed by atoms with Crippen LogP contribution in [0.2, 0.25) is 0 Å². The Morgan fingerprint density at radius 2 is 2.05 bits per heavy atom. The first-order chi connectivity index (χ1) is 10.3. The molecule has 2 aromatic rings. The second-order valence-corrected chi connectivity index (χ2v) is 6.42. The third-order valence-electron chi connectivity index (χ3n) is 3.89. The summed E-state index contributed by atoms with van der Waals surface area (Å²) in [4.78, 5) is 12.2. The summed E-state index contributed by atoms with van der Waals surface area (Å²) in [5.41, 5.74) is 11.4. The molecule has 1 aromatic heterocycles. The van der Waals surface area contributed by atoms with Crippen LogP contribution >= 0.6 is 15.9 Å². The molecule has 0 aliphatic heterocycles. The predicted octanol–water partition coefficient (Wildman–Crippen LogP) is 3.26. The summed E-state index contributed by atoms with van der Waals surface area (Å²) < 4.78 is 2.74. The fourth-order valence-electron chi connectivity index (χ4n) is 2.49. The maximum absolute atomic E-state index is 12.2. The summed E-state index contributed by atoms with van der Waals surface area (Å²) in [5.74, 6) is -0.0492. The van der Waals surface area contributed by atoms with Gasteiger partial charge in [0, 0.05) is 23.6 Å². The van der Waals surface area contributed by atoms with E-state index < -0.39 is 0 Å². The normalized spacial score (nSPS) is 10.8. The van der Waals surface area contributed by atoms with E-state index in [0.717, 1.165) is 27.0 Å². The fraction of sp³-hybridized carbons (Fsp3) is 0.375. The summed E-state index contributed by atoms with van der Waals surface area (Å²) in [6.45, 7) is 5.90. The molecule has 1 aromatic carbocycles. The summed E-state index contributed by atoms with van der Waals surface area (Å²) >= 11 is 3.42. The molecule has 3 N–H and O–H groups in total. The van der Waals surface area contributed by atoms with Crippen molar-refractivity contribution >= 4 is 33.2 Å². The molecule has 22 heavy (non-hydrogen) atoms. The molecule has 0 atom stereocenters. The van der Waals surface area contributed by atoms with Gasteiger partial charge in [-0.1, -0.05) is 15.9 Å². The van der Waals surface area contributed by atoms with Gasteiger partial charge < -0.3 is 11.1 Å². The molecule has 118 valence electrons. The number of hydrogen-bond donors (Lipinski definition) is 2. The molecule has 0 saturated heterocycles. The van der Waals surface area contributed by atoms with E-state index in [1.807, 2.05) is 44.6 Å². The molecule has 0 fully saturated rings. The number of carbonyl (C=O) groups is 1. The topological polar surface area (TPSA) is 72.9 Å². The number of nitrogen functional groups attached to an aromatic ring is 1. The lowest BCUT2D eigenvalue weighted by Crippen LogP contribution is -2.14. The number of nitrogens with two attached hydrogens (primary N) is 1. The standard InChI is InChI=1S/C16H21BrN4O/c1-9-7-12(17)8-14(16(9)18)19-15(22)6-5-13-10(2)20-21(4)11(13)3/h7-8H,5-6,18H2,1-4H3,(H,19,22). The van der Waals surface area contributed by atoms with Crippen molar-refractivity contribution in [3.05, 3.63) is 39.1 Å². The molecule has 5 nitrogen and oxygen atoms in total. The Morgan fingerprint density at radius 3 is 2.64 bits per heavy atom. The Hall–Kier alpha value is -1.82. The van der Waals surface area contributed by atoms with E-state index in [0.29, 0.717) is 24.2 Å². The molecule has 0 aliphatic carbocycles. The molecule has 1 heterocycles. The van der Waals surface area contributed by atoms with Gasteiger partial charge in [-0.3, -0.25) is 9.48 Å². The molecule has 0 bridgehead atoms. The molecule has 2 rings (SSSR count). The number of aromatic nitrogens is 2. The van der Waals surface area contributed by atoms with E-state index in [4.69, 9.17) is 5.73 Å². The number of hydrogen-bond acceptors (Lipinski definition) is 3. The van der Waals surface area contributed by atoms with Crippen LogP contribution in [0, 0.1) is 20.8 Å². The molecule has 0 spiro atoms. The zero-order chi connectivity index (χ0) is 16.4. The first kappa shape index (κ1) is 16.5. The lowest BCUT2D eigenvalue weighted by molar-refractivity contribution is -0.116. The lowest BCUT2D eigenvalue weighted by Gasteiger charge is -2.11. The highest BCUT2D eigenvalue weighted by Crippen LogP contribution is 2.27. The number of rotatable bonds is 4. The molecule has 1 amide bonds. The highest BCUT2D eigenvalue weighted by atomic mass is 79.9. The van der Waals surface area contributed by atoms with E-state index in [1.54, 1.807) is 0 Å². The minimum atomic E-state index is -0.0492. The number of aryl methyl sites for hydroxylation is 3. The summed E-state index contributed by atoms with van der Waals surface area (Å²) in [7, 11) is 1.91. The monoisotopic (exact) mass is 364 g/mol. The quantitative estimate of drug-likeness (QED) is 0.817. The molecule has 0 radical (unpaired) electrons.